The molecule has 0 aliphatic heterocycles. The molecule has 1 aromatic carbocycles. The average Bonchev–Trinajstić information content (AvgIpc) is 2.67. The predicted octanol–water partition coefficient (Wildman–Crippen LogP) is 1.54. The minimum atomic E-state index is 0. The fraction of sp³-hybridized carbons (Fsp3) is 0.200. The first-order chi connectivity index (χ1) is 6.88. The van der Waals surface area contributed by atoms with Gasteiger partial charge in [-0.25, -0.2) is 0 Å². The van der Waals surface area contributed by atoms with Crippen LogP contribution in [0.25, 0.3) is 0 Å². The van der Waals surface area contributed by atoms with Gasteiger partial charge in [-0.1, -0.05) is 35.5 Å². The second kappa shape index (κ2) is 5.48. The summed E-state index contributed by atoms with van der Waals surface area (Å²) >= 11 is 0. The van der Waals surface area contributed by atoms with E-state index in [9.17, 15) is 0 Å². The maximum absolute atomic E-state index is 5.37. The molecule has 0 aliphatic carbocycles. The normalized spacial score (nSPS) is 9.67. The molecule has 0 fully saturated rings. The third-order valence-corrected chi connectivity index (χ3v) is 1.89. The SMILES string of the molecule is Cl.NCc1noc(Cc2ccccc2)n1. The van der Waals surface area contributed by atoms with Gasteiger partial charge in [-0.15, -0.1) is 12.4 Å². The van der Waals surface area contributed by atoms with E-state index in [1.54, 1.807) is 0 Å². The van der Waals surface area contributed by atoms with E-state index in [0.717, 1.165) is 5.56 Å². The number of nitrogens with zero attached hydrogens (tertiary/aromatic N) is 2. The van der Waals surface area contributed by atoms with Crippen LogP contribution in [0.2, 0.25) is 0 Å². The molecule has 80 valence electrons. The predicted molar refractivity (Wildman–Crippen MR) is 58.7 cm³/mol. The molecule has 0 bridgehead atoms. The molecule has 2 N–H and O–H groups in total. The van der Waals surface area contributed by atoms with E-state index >= 15 is 0 Å². The molecule has 0 atom stereocenters. The Kier molecular flexibility index (Phi) is 4.27. The number of hydrogen-bond acceptors (Lipinski definition) is 4. The van der Waals surface area contributed by atoms with E-state index in [1.807, 2.05) is 30.3 Å². The fourth-order valence-corrected chi connectivity index (χ4v) is 1.22. The molecule has 2 aromatic rings. The first-order valence-corrected chi connectivity index (χ1v) is 4.44. The molecule has 0 spiro atoms. The number of rotatable bonds is 3. The Morgan fingerprint density at radius 1 is 1.20 bits per heavy atom. The molecule has 0 amide bonds. The van der Waals surface area contributed by atoms with Gasteiger partial charge in [0, 0.05) is 0 Å². The van der Waals surface area contributed by atoms with Gasteiger partial charge in [0.1, 0.15) is 0 Å². The lowest BCUT2D eigenvalue weighted by Crippen LogP contribution is -1.98. The van der Waals surface area contributed by atoms with Gasteiger partial charge in [0.25, 0.3) is 0 Å². The van der Waals surface area contributed by atoms with Crippen molar-refractivity contribution in [3.63, 3.8) is 0 Å². The maximum atomic E-state index is 5.37. The summed E-state index contributed by atoms with van der Waals surface area (Å²) in [6.45, 7) is 0.318. The van der Waals surface area contributed by atoms with Gasteiger partial charge >= 0.3 is 0 Å². The highest BCUT2D eigenvalue weighted by molar-refractivity contribution is 5.85. The zero-order chi connectivity index (χ0) is 9.80. The zero-order valence-electron chi connectivity index (χ0n) is 8.09. The van der Waals surface area contributed by atoms with Crippen molar-refractivity contribution < 1.29 is 4.52 Å². The van der Waals surface area contributed by atoms with E-state index in [4.69, 9.17) is 10.3 Å². The smallest absolute Gasteiger partial charge is 0.231 e. The fourth-order valence-electron chi connectivity index (χ4n) is 1.22. The lowest BCUT2D eigenvalue weighted by atomic mass is 10.1. The van der Waals surface area contributed by atoms with Gasteiger partial charge in [-0.3, -0.25) is 0 Å². The van der Waals surface area contributed by atoms with Crippen molar-refractivity contribution in [2.45, 2.75) is 13.0 Å². The number of benzene rings is 1. The summed E-state index contributed by atoms with van der Waals surface area (Å²) in [4.78, 5) is 4.12. The van der Waals surface area contributed by atoms with Crippen LogP contribution >= 0.6 is 12.4 Å². The van der Waals surface area contributed by atoms with Gasteiger partial charge in [0.05, 0.1) is 13.0 Å². The molecule has 1 heterocycles. The summed E-state index contributed by atoms with van der Waals surface area (Å²) < 4.78 is 5.02. The number of halogens is 1. The summed E-state index contributed by atoms with van der Waals surface area (Å²) in [7, 11) is 0. The zero-order valence-corrected chi connectivity index (χ0v) is 8.91. The standard InChI is InChI=1S/C10H11N3O.ClH/c11-7-9-12-10(14-13-9)6-8-4-2-1-3-5-8;/h1-5H,6-7,11H2;1H. The highest BCUT2D eigenvalue weighted by Gasteiger charge is 2.04. The summed E-state index contributed by atoms with van der Waals surface area (Å²) in [6.07, 6.45) is 0.661. The van der Waals surface area contributed by atoms with Gasteiger partial charge in [0.2, 0.25) is 5.89 Å². The van der Waals surface area contributed by atoms with Crippen molar-refractivity contribution in [3.05, 3.63) is 47.6 Å². The van der Waals surface area contributed by atoms with Crippen LogP contribution in [0, 0.1) is 0 Å². The van der Waals surface area contributed by atoms with Crippen LogP contribution in [0.5, 0.6) is 0 Å². The van der Waals surface area contributed by atoms with Crippen LogP contribution in [0.15, 0.2) is 34.9 Å². The molecular weight excluding hydrogens is 214 g/mol. The molecule has 0 aliphatic rings. The number of aromatic nitrogens is 2. The van der Waals surface area contributed by atoms with E-state index in [0.29, 0.717) is 24.7 Å². The molecule has 1 aromatic heterocycles. The summed E-state index contributed by atoms with van der Waals surface area (Å²) in [6, 6.07) is 9.98. The van der Waals surface area contributed by atoms with Crippen LogP contribution in [0.3, 0.4) is 0 Å². The Morgan fingerprint density at radius 3 is 2.53 bits per heavy atom. The van der Waals surface area contributed by atoms with Crippen LogP contribution in [-0.4, -0.2) is 10.1 Å². The Labute approximate surface area is 93.9 Å². The summed E-state index contributed by atoms with van der Waals surface area (Å²) in [5.41, 5.74) is 6.52. The number of nitrogens with two attached hydrogens (primary N) is 1. The largest absolute Gasteiger partial charge is 0.339 e. The Bertz CT molecular complexity index is 402. The molecule has 0 unspecified atom stereocenters. The van der Waals surface area contributed by atoms with Crippen molar-refractivity contribution in [3.8, 4) is 0 Å². The summed E-state index contributed by atoms with van der Waals surface area (Å²) in [5, 5.41) is 3.72. The average molecular weight is 226 g/mol. The van der Waals surface area contributed by atoms with Gasteiger partial charge in [-0.2, -0.15) is 4.98 Å². The molecule has 0 radical (unpaired) electrons. The lowest BCUT2D eigenvalue weighted by Gasteiger charge is -1.93. The highest BCUT2D eigenvalue weighted by atomic mass is 35.5. The number of hydrogen-bond donors (Lipinski definition) is 1. The van der Waals surface area contributed by atoms with Gasteiger partial charge in [-0.05, 0) is 5.56 Å². The van der Waals surface area contributed by atoms with Crippen LogP contribution in [0.4, 0.5) is 0 Å². The molecule has 0 saturated heterocycles. The second-order valence-corrected chi connectivity index (χ2v) is 2.97. The minimum Gasteiger partial charge on any atom is -0.339 e. The van der Waals surface area contributed by atoms with E-state index in [-0.39, 0.29) is 12.4 Å². The maximum Gasteiger partial charge on any atom is 0.231 e. The van der Waals surface area contributed by atoms with E-state index in [1.165, 1.54) is 0 Å². The van der Waals surface area contributed by atoms with E-state index < -0.39 is 0 Å². The first-order valence-electron chi connectivity index (χ1n) is 4.44. The quantitative estimate of drug-likeness (QED) is 0.861. The van der Waals surface area contributed by atoms with Crippen LogP contribution in [0.1, 0.15) is 17.3 Å². The van der Waals surface area contributed by atoms with Crippen molar-refractivity contribution in [1.82, 2.24) is 10.1 Å². The second-order valence-electron chi connectivity index (χ2n) is 2.97. The van der Waals surface area contributed by atoms with Crippen molar-refractivity contribution in [2.24, 2.45) is 5.73 Å². The molecule has 4 nitrogen and oxygen atoms in total. The van der Waals surface area contributed by atoms with Crippen molar-refractivity contribution in [1.29, 1.82) is 0 Å². The Balaban J connectivity index is 0.00000112. The highest BCUT2D eigenvalue weighted by Crippen LogP contribution is 2.06. The van der Waals surface area contributed by atoms with Crippen molar-refractivity contribution >= 4 is 12.4 Å². The van der Waals surface area contributed by atoms with Gasteiger partial charge in [0.15, 0.2) is 5.82 Å². The monoisotopic (exact) mass is 225 g/mol. The molecular formula is C10H12ClN3O. The third-order valence-electron chi connectivity index (χ3n) is 1.89. The van der Waals surface area contributed by atoms with E-state index in [2.05, 4.69) is 10.1 Å². The topological polar surface area (TPSA) is 64.9 Å². The molecule has 15 heavy (non-hydrogen) atoms. The Morgan fingerprint density at radius 2 is 1.93 bits per heavy atom. The van der Waals surface area contributed by atoms with Gasteiger partial charge < -0.3 is 10.3 Å². The van der Waals surface area contributed by atoms with Crippen LogP contribution in [-0.2, 0) is 13.0 Å². The molecule has 0 saturated carbocycles. The van der Waals surface area contributed by atoms with Crippen LogP contribution < -0.4 is 5.73 Å². The summed E-state index contributed by atoms with van der Waals surface area (Å²) in [5.74, 6) is 1.16. The minimum absolute atomic E-state index is 0. The lowest BCUT2D eigenvalue weighted by molar-refractivity contribution is 0.379. The van der Waals surface area contributed by atoms with Crippen molar-refractivity contribution in [2.75, 3.05) is 0 Å². The third kappa shape index (κ3) is 3.04. The Hall–Kier alpha value is -1.39. The molecule has 2 rings (SSSR count). The molecule has 5 heteroatoms. The first kappa shape index (κ1) is 11.7.